The molecule has 0 saturated heterocycles. The molecule has 1 heterocycles. The molecule has 0 bridgehead atoms. The number of carboxylic acid groups (broad SMARTS) is 1. The van der Waals surface area contributed by atoms with Crippen LogP contribution >= 0.6 is 0 Å². The number of aromatic nitrogens is 1. The van der Waals surface area contributed by atoms with Crippen LogP contribution in [0.5, 0.6) is 5.75 Å². The molecule has 0 saturated carbocycles. The van der Waals surface area contributed by atoms with Gasteiger partial charge in [0.15, 0.2) is 5.75 Å². The van der Waals surface area contributed by atoms with Crippen molar-refractivity contribution in [2.45, 2.75) is 12.5 Å². The van der Waals surface area contributed by atoms with Gasteiger partial charge in [-0.05, 0) is 17.7 Å². The van der Waals surface area contributed by atoms with Crippen LogP contribution in [0.2, 0.25) is 0 Å². The van der Waals surface area contributed by atoms with Crippen LogP contribution in [0.15, 0.2) is 18.3 Å². The number of hydrogen-bond acceptors (Lipinski definition) is 5. The SMILES string of the molecule is COc1ccc2[nH]cc(CC(N)C(=O)O)c2c1[N+](=O)[O-]. The number of ether oxygens (including phenoxy) is 1. The molecule has 0 aliphatic rings. The molecule has 20 heavy (non-hydrogen) atoms. The molecule has 0 aliphatic heterocycles. The molecule has 2 aromatic rings. The highest BCUT2D eigenvalue weighted by Gasteiger charge is 2.25. The van der Waals surface area contributed by atoms with E-state index in [0.29, 0.717) is 16.5 Å². The number of benzene rings is 1. The summed E-state index contributed by atoms with van der Waals surface area (Å²) in [7, 11) is 1.34. The van der Waals surface area contributed by atoms with Crippen LogP contribution in [0.3, 0.4) is 0 Å². The normalized spacial score (nSPS) is 12.3. The molecule has 0 aliphatic carbocycles. The molecule has 0 spiro atoms. The standard InChI is InChI=1S/C12H13N3O5/c1-20-9-3-2-8-10(11(9)15(18)19)6(5-14-8)4-7(13)12(16)17/h2-3,5,7,14H,4,13H2,1H3,(H,16,17). The Labute approximate surface area is 113 Å². The van der Waals surface area contributed by atoms with Crippen molar-refractivity contribution in [2.24, 2.45) is 5.73 Å². The van der Waals surface area contributed by atoms with Gasteiger partial charge in [-0.1, -0.05) is 0 Å². The number of carboxylic acids is 1. The summed E-state index contributed by atoms with van der Waals surface area (Å²) in [4.78, 5) is 24.4. The zero-order valence-corrected chi connectivity index (χ0v) is 10.6. The average Bonchev–Trinajstić information content (AvgIpc) is 2.80. The Morgan fingerprint density at radius 2 is 2.30 bits per heavy atom. The highest BCUT2D eigenvalue weighted by molar-refractivity contribution is 5.95. The number of aromatic amines is 1. The Morgan fingerprint density at radius 1 is 1.60 bits per heavy atom. The summed E-state index contributed by atoms with van der Waals surface area (Å²) in [5.41, 5.74) is 6.29. The lowest BCUT2D eigenvalue weighted by atomic mass is 10.0. The number of nitrogens with two attached hydrogens (primary N) is 1. The summed E-state index contributed by atoms with van der Waals surface area (Å²) in [5, 5.41) is 20.4. The van der Waals surface area contributed by atoms with Crippen LogP contribution in [0.25, 0.3) is 10.9 Å². The van der Waals surface area contributed by atoms with Crippen LogP contribution < -0.4 is 10.5 Å². The predicted molar refractivity (Wildman–Crippen MR) is 70.8 cm³/mol. The highest BCUT2D eigenvalue weighted by atomic mass is 16.6. The predicted octanol–water partition coefficient (Wildman–Crippen LogP) is 1.04. The Hall–Kier alpha value is -2.61. The summed E-state index contributed by atoms with van der Waals surface area (Å²) >= 11 is 0. The second kappa shape index (κ2) is 5.17. The largest absolute Gasteiger partial charge is 0.490 e. The fourth-order valence-corrected chi connectivity index (χ4v) is 2.09. The minimum absolute atomic E-state index is 0.0106. The molecule has 2 rings (SSSR count). The average molecular weight is 279 g/mol. The molecular weight excluding hydrogens is 266 g/mol. The molecule has 8 heteroatoms. The van der Waals surface area contributed by atoms with E-state index in [1.807, 2.05) is 0 Å². The lowest BCUT2D eigenvalue weighted by Crippen LogP contribution is -2.32. The monoisotopic (exact) mass is 279 g/mol. The number of H-pyrrole nitrogens is 1. The maximum absolute atomic E-state index is 11.2. The Balaban J connectivity index is 2.62. The van der Waals surface area contributed by atoms with E-state index in [-0.39, 0.29) is 17.9 Å². The Kier molecular flexibility index (Phi) is 3.57. The molecule has 1 aromatic carbocycles. The first-order chi connectivity index (χ1) is 9.45. The minimum atomic E-state index is -1.16. The number of nitro benzene ring substituents is 1. The van der Waals surface area contributed by atoms with Crippen molar-refractivity contribution in [3.63, 3.8) is 0 Å². The first-order valence-electron chi connectivity index (χ1n) is 5.75. The second-order valence-corrected chi connectivity index (χ2v) is 4.26. The lowest BCUT2D eigenvalue weighted by Gasteiger charge is -2.07. The van der Waals surface area contributed by atoms with E-state index in [0.717, 1.165) is 0 Å². The summed E-state index contributed by atoms with van der Waals surface area (Å²) in [6, 6.07) is 1.99. The van der Waals surface area contributed by atoms with E-state index in [1.165, 1.54) is 19.4 Å². The van der Waals surface area contributed by atoms with Gasteiger partial charge < -0.3 is 20.6 Å². The van der Waals surface area contributed by atoms with Gasteiger partial charge in [0.25, 0.3) is 0 Å². The van der Waals surface area contributed by atoms with Gasteiger partial charge in [-0.15, -0.1) is 0 Å². The number of rotatable bonds is 5. The van der Waals surface area contributed by atoms with Gasteiger partial charge in [0.1, 0.15) is 6.04 Å². The van der Waals surface area contributed by atoms with Crippen molar-refractivity contribution in [2.75, 3.05) is 7.11 Å². The molecule has 1 unspecified atom stereocenters. The van der Waals surface area contributed by atoms with Gasteiger partial charge in [0.05, 0.1) is 22.9 Å². The summed E-state index contributed by atoms with van der Waals surface area (Å²) in [5.74, 6) is -1.04. The summed E-state index contributed by atoms with van der Waals surface area (Å²) in [6.45, 7) is 0. The van der Waals surface area contributed by atoms with Gasteiger partial charge >= 0.3 is 11.7 Å². The Morgan fingerprint density at radius 3 is 2.85 bits per heavy atom. The summed E-state index contributed by atoms with van der Waals surface area (Å²) < 4.78 is 4.99. The number of hydrogen-bond donors (Lipinski definition) is 3. The van der Waals surface area contributed by atoms with Crippen molar-refractivity contribution < 1.29 is 19.6 Å². The minimum Gasteiger partial charge on any atom is -0.490 e. The van der Waals surface area contributed by atoms with Crippen molar-refractivity contribution in [3.05, 3.63) is 34.0 Å². The van der Waals surface area contributed by atoms with E-state index in [2.05, 4.69) is 4.98 Å². The van der Waals surface area contributed by atoms with Crippen LogP contribution in [-0.4, -0.2) is 34.1 Å². The molecule has 0 amide bonds. The number of aliphatic carboxylic acids is 1. The van der Waals surface area contributed by atoms with E-state index in [4.69, 9.17) is 15.6 Å². The van der Waals surface area contributed by atoms with Crippen LogP contribution in [0, 0.1) is 10.1 Å². The lowest BCUT2D eigenvalue weighted by molar-refractivity contribution is -0.384. The third-order valence-electron chi connectivity index (χ3n) is 3.02. The van der Waals surface area contributed by atoms with Crippen molar-refractivity contribution in [1.82, 2.24) is 4.98 Å². The van der Waals surface area contributed by atoms with Gasteiger partial charge in [0.2, 0.25) is 0 Å². The highest BCUT2D eigenvalue weighted by Crippen LogP contribution is 2.37. The molecule has 0 radical (unpaired) electrons. The smallest absolute Gasteiger partial charge is 0.320 e. The van der Waals surface area contributed by atoms with Gasteiger partial charge in [-0.25, -0.2) is 0 Å². The fourth-order valence-electron chi connectivity index (χ4n) is 2.09. The van der Waals surface area contributed by atoms with E-state index >= 15 is 0 Å². The topological polar surface area (TPSA) is 131 Å². The number of nitrogens with one attached hydrogen (secondary N) is 1. The van der Waals surface area contributed by atoms with E-state index in [1.54, 1.807) is 6.07 Å². The van der Waals surface area contributed by atoms with Gasteiger partial charge in [0, 0.05) is 12.6 Å². The molecule has 1 aromatic heterocycles. The first-order valence-corrected chi connectivity index (χ1v) is 5.75. The maximum atomic E-state index is 11.2. The number of nitro groups is 1. The van der Waals surface area contributed by atoms with Gasteiger partial charge in [-0.3, -0.25) is 14.9 Å². The molecule has 1 atom stereocenters. The van der Waals surface area contributed by atoms with Gasteiger partial charge in [-0.2, -0.15) is 0 Å². The molecular formula is C12H13N3O5. The van der Waals surface area contributed by atoms with E-state index in [9.17, 15) is 14.9 Å². The van der Waals surface area contributed by atoms with Crippen LogP contribution in [0.4, 0.5) is 5.69 Å². The van der Waals surface area contributed by atoms with Crippen LogP contribution in [0.1, 0.15) is 5.56 Å². The van der Waals surface area contributed by atoms with Crippen molar-refractivity contribution >= 4 is 22.6 Å². The van der Waals surface area contributed by atoms with Crippen LogP contribution in [-0.2, 0) is 11.2 Å². The molecule has 8 nitrogen and oxygen atoms in total. The summed E-state index contributed by atoms with van der Waals surface area (Å²) in [6.07, 6.45) is 1.52. The first kappa shape index (κ1) is 13.8. The van der Waals surface area contributed by atoms with Crippen molar-refractivity contribution in [1.29, 1.82) is 0 Å². The fraction of sp³-hybridized carbons (Fsp3) is 0.250. The number of carbonyl (C=O) groups is 1. The zero-order valence-electron chi connectivity index (χ0n) is 10.6. The number of nitrogens with zero attached hydrogens (tertiary/aromatic N) is 1. The molecule has 4 N–H and O–H groups in total. The Bertz CT molecular complexity index is 679. The van der Waals surface area contributed by atoms with Crippen molar-refractivity contribution in [3.8, 4) is 5.75 Å². The number of fused-ring (bicyclic) bond motifs is 1. The second-order valence-electron chi connectivity index (χ2n) is 4.26. The molecule has 0 fully saturated rings. The van der Waals surface area contributed by atoms with E-state index < -0.39 is 16.9 Å². The maximum Gasteiger partial charge on any atom is 0.320 e. The third kappa shape index (κ3) is 2.28. The number of methoxy groups -OCH3 is 1. The quantitative estimate of drug-likeness (QED) is 0.553. The third-order valence-corrected chi connectivity index (χ3v) is 3.02. The zero-order chi connectivity index (χ0) is 14.9. The molecule has 106 valence electrons.